The summed E-state index contributed by atoms with van der Waals surface area (Å²) in [6.45, 7) is 5.88. The second kappa shape index (κ2) is 7.55. The molecule has 0 spiro atoms. The van der Waals surface area contributed by atoms with Crippen LogP contribution in [0.3, 0.4) is 0 Å². The predicted molar refractivity (Wildman–Crippen MR) is 108 cm³/mol. The van der Waals surface area contributed by atoms with Crippen molar-refractivity contribution >= 4 is 23.2 Å². The van der Waals surface area contributed by atoms with Gasteiger partial charge < -0.3 is 0 Å². The summed E-state index contributed by atoms with van der Waals surface area (Å²) in [5.74, 6) is 1.06. The van der Waals surface area contributed by atoms with Gasteiger partial charge in [-0.15, -0.1) is 5.10 Å². The first-order valence-corrected chi connectivity index (χ1v) is 9.76. The van der Waals surface area contributed by atoms with E-state index in [1.54, 1.807) is 16.6 Å². The predicted octanol–water partition coefficient (Wildman–Crippen LogP) is 3.82. The molecule has 0 aliphatic heterocycles. The molecule has 0 unspecified atom stereocenters. The van der Waals surface area contributed by atoms with Crippen LogP contribution in [0.2, 0.25) is 0 Å². The van der Waals surface area contributed by atoms with Crippen molar-refractivity contribution in [3.63, 3.8) is 0 Å². The molecule has 0 aliphatic carbocycles. The van der Waals surface area contributed by atoms with Gasteiger partial charge in [0, 0.05) is 34.8 Å². The van der Waals surface area contributed by atoms with Crippen molar-refractivity contribution in [2.24, 2.45) is 0 Å². The van der Waals surface area contributed by atoms with Crippen LogP contribution in [0.5, 0.6) is 0 Å². The second-order valence-electron chi connectivity index (χ2n) is 6.43. The van der Waals surface area contributed by atoms with E-state index in [0.29, 0.717) is 27.3 Å². The van der Waals surface area contributed by atoms with Gasteiger partial charge in [0.2, 0.25) is 5.16 Å². The fourth-order valence-electron chi connectivity index (χ4n) is 2.85. The van der Waals surface area contributed by atoms with Crippen molar-refractivity contribution in [1.82, 2.24) is 29.5 Å². The summed E-state index contributed by atoms with van der Waals surface area (Å²) in [5.41, 5.74) is 3.45. The van der Waals surface area contributed by atoms with Gasteiger partial charge in [0.05, 0.1) is 4.92 Å². The van der Waals surface area contributed by atoms with Gasteiger partial charge in [0.15, 0.2) is 5.82 Å². The molecular formula is C19H17N7O2S. The number of aromatic nitrogens is 6. The average Bonchev–Trinajstić information content (AvgIpc) is 3.10. The van der Waals surface area contributed by atoms with Crippen LogP contribution < -0.4 is 0 Å². The first-order chi connectivity index (χ1) is 13.9. The molecule has 0 amide bonds. The average molecular weight is 407 g/mol. The molecule has 9 nitrogen and oxygen atoms in total. The van der Waals surface area contributed by atoms with Gasteiger partial charge >= 0.3 is 0 Å². The Morgan fingerprint density at radius 2 is 1.83 bits per heavy atom. The standard InChI is InChI=1S/C19H17N7O2S/c1-4-14-10-16(22-17(21-14)13-5-7-15(8-6-13)26(27)28)29-19-23-18-20-11(2)9-12(3)25(18)24-19/h5-10H,4H2,1-3H3. The molecule has 0 saturated heterocycles. The van der Waals surface area contributed by atoms with Crippen molar-refractivity contribution in [1.29, 1.82) is 0 Å². The number of hydrogen-bond acceptors (Lipinski definition) is 8. The SMILES string of the molecule is CCc1cc(Sc2nc3nc(C)cc(C)n3n2)nc(-c2ccc([N+](=O)[O-])cc2)n1. The first-order valence-electron chi connectivity index (χ1n) is 8.94. The summed E-state index contributed by atoms with van der Waals surface area (Å²) in [7, 11) is 0. The summed E-state index contributed by atoms with van der Waals surface area (Å²) in [4.78, 5) is 28.5. The third-order valence-corrected chi connectivity index (χ3v) is 5.02. The van der Waals surface area contributed by atoms with Gasteiger partial charge in [0.25, 0.3) is 11.5 Å². The Labute approximate surface area is 170 Å². The van der Waals surface area contributed by atoms with E-state index in [-0.39, 0.29) is 5.69 Å². The van der Waals surface area contributed by atoms with Crippen molar-refractivity contribution in [3.8, 4) is 11.4 Å². The number of nitro benzene ring substituents is 1. The molecule has 3 heterocycles. The zero-order chi connectivity index (χ0) is 20.5. The number of aryl methyl sites for hydroxylation is 3. The molecule has 0 fully saturated rings. The van der Waals surface area contributed by atoms with Crippen molar-refractivity contribution in [2.75, 3.05) is 0 Å². The number of fused-ring (bicyclic) bond motifs is 1. The molecule has 0 bridgehead atoms. The quantitative estimate of drug-likeness (QED) is 0.279. The molecule has 1 aromatic carbocycles. The van der Waals surface area contributed by atoms with Gasteiger partial charge in [-0.05, 0) is 56.3 Å². The van der Waals surface area contributed by atoms with Crippen LogP contribution in [0.15, 0.2) is 46.6 Å². The Morgan fingerprint density at radius 3 is 2.52 bits per heavy atom. The molecule has 0 aliphatic rings. The number of nitrogens with zero attached hydrogens (tertiary/aromatic N) is 7. The molecule has 29 heavy (non-hydrogen) atoms. The maximum Gasteiger partial charge on any atom is 0.269 e. The maximum atomic E-state index is 10.9. The molecule has 0 atom stereocenters. The van der Waals surface area contributed by atoms with E-state index in [2.05, 4.69) is 25.0 Å². The minimum Gasteiger partial charge on any atom is -0.258 e. The fourth-order valence-corrected chi connectivity index (χ4v) is 3.62. The van der Waals surface area contributed by atoms with Crippen LogP contribution in [-0.2, 0) is 6.42 Å². The number of hydrogen-bond donors (Lipinski definition) is 0. The van der Waals surface area contributed by atoms with Crippen LogP contribution in [0, 0.1) is 24.0 Å². The van der Waals surface area contributed by atoms with Crippen LogP contribution in [0.4, 0.5) is 5.69 Å². The summed E-state index contributed by atoms with van der Waals surface area (Å²) in [6.07, 6.45) is 0.731. The zero-order valence-corrected chi connectivity index (χ0v) is 16.8. The smallest absolute Gasteiger partial charge is 0.258 e. The molecule has 4 aromatic rings. The van der Waals surface area contributed by atoms with Crippen LogP contribution >= 0.6 is 11.8 Å². The Kier molecular flexibility index (Phi) is 4.93. The van der Waals surface area contributed by atoms with Gasteiger partial charge in [-0.3, -0.25) is 10.1 Å². The Bertz CT molecular complexity index is 1220. The monoisotopic (exact) mass is 407 g/mol. The van der Waals surface area contributed by atoms with Crippen molar-refractivity contribution < 1.29 is 4.92 Å². The van der Waals surface area contributed by atoms with Gasteiger partial charge in [-0.2, -0.15) is 4.98 Å². The number of rotatable bonds is 5. The van der Waals surface area contributed by atoms with Crippen LogP contribution in [0.1, 0.15) is 24.0 Å². The van der Waals surface area contributed by atoms with Crippen molar-refractivity contribution in [2.45, 2.75) is 37.4 Å². The molecule has 3 aromatic heterocycles. The molecule has 0 N–H and O–H groups in total. The maximum absolute atomic E-state index is 10.9. The highest BCUT2D eigenvalue weighted by atomic mass is 32.2. The minimum atomic E-state index is -0.429. The fraction of sp³-hybridized carbons (Fsp3) is 0.211. The molecule has 4 rings (SSSR count). The first kappa shape index (κ1) is 18.9. The topological polar surface area (TPSA) is 112 Å². The lowest BCUT2D eigenvalue weighted by molar-refractivity contribution is -0.384. The lowest BCUT2D eigenvalue weighted by Crippen LogP contribution is -1.98. The van der Waals surface area contributed by atoms with E-state index in [0.717, 1.165) is 23.5 Å². The van der Waals surface area contributed by atoms with Gasteiger partial charge in [-0.25, -0.2) is 19.5 Å². The Morgan fingerprint density at radius 1 is 1.07 bits per heavy atom. The number of nitro groups is 1. The highest BCUT2D eigenvalue weighted by Gasteiger charge is 2.13. The Hall–Kier alpha value is -3.40. The lowest BCUT2D eigenvalue weighted by atomic mass is 10.2. The van der Waals surface area contributed by atoms with Crippen LogP contribution in [0.25, 0.3) is 17.2 Å². The number of non-ortho nitro benzene ring substituents is 1. The zero-order valence-electron chi connectivity index (χ0n) is 16.0. The van der Waals surface area contributed by atoms with E-state index in [9.17, 15) is 10.1 Å². The molecule has 0 saturated carbocycles. The summed E-state index contributed by atoms with van der Waals surface area (Å²) >= 11 is 1.33. The summed E-state index contributed by atoms with van der Waals surface area (Å²) in [5, 5.41) is 16.6. The van der Waals surface area contributed by atoms with E-state index < -0.39 is 4.92 Å². The Balaban J connectivity index is 1.70. The molecule has 0 radical (unpaired) electrons. The van der Waals surface area contributed by atoms with Gasteiger partial charge in [-0.1, -0.05) is 6.92 Å². The third kappa shape index (κ3) is 3.92. The van der Waals surface area contributed by atoms with Crippen LogP contribution in [-0.4, -0.2) is 34.5 Å². The lowest BCUT2D eigenvalue weighted by Gasteiger charge is -2.06. The number of benzene rings is 1. The van der Waals surface area contributed by atoms with Gasteiger partial charge in [0.1, 0.15) is 5.03 Å². The van der Waals surface area contributed by atoms with E-state index in [4.69, 9.17) is 0 Å². The summed E-state index contributed by atoms with van der Waals surface area (Å²) in [6, 6.07) is 10.1. The second-order valence-corrected chi connectivity index (χ2v) is 7.41. The highest BCUT2D eigenvalue weighted by molar-refractivity contribution is 7.99. The largest absolute Gasteiger partial charge is 0.269 e. The van der Waals surface area contributed by atoms with E-state index >= 15 is 0 Å². The minimum absolute atomic E-state index is 0.0297. The molecular weight excluding hydrogens is 390 g/mol. The normalized spacial score (nSPS) is 11.1. The van der Waals surface area contributed by atoms with E-state index in [1.165, 1.54) is 23.9 Å². The highest BCUT2D eigenvalue weighted by Crippen LogP contribution is 2.27. The van der Waals surface area contributed by atoms with E-state index in [1.807, 2.05) is 32.9 Å². The third-order valence-electron chi connectivity index (χ3n) is 4.25. The molecule has 146 valence electrons. The van der Waals surface area contributed by atoms with Crippen molar-refractivity contribution in [3.05, 3.63) is 63.6 Å². The molecule has 10 heteroatoms. The summed E-state index contributed by atoms with van der Waals surface area (Å²) < 4.78 is 1.70.